The van der Waals surface area contributed by atoms with Crippen LogP contribution in [0.25, 0.3) is 0 Å². The van der Waals surface area contributed by atoms with E-state index < -0.39 is 10.0 Å². The maximum absolute atomic E-state index is 12.3. The molecule has 0 atom stereocenters. The number of nitrogens with one attached hydrogen (secondary N) is 1. The van der Waals surface area contributed by atoms with Crippen molar-refractivity contribution >= 4 is 21.4 Å². The van der Waals surface area contributed by atoms with E-state index in [2.05, 4.69) is 9.71 Å². The van der Waals surface area contributed by atoms with Gasteiger partial charge in [-0.1, -0.05) is 0 Å². The number of hydrogen-bond acceptors (Lipinski definition) is 5. The third-order valence-electron chi connectivity index (χ3n) is 3.04. The minimum atomic E-state index is -3.60. The van der Waals surface area contributed by atoms with Gasteiger partial charge in [-0.15, -0.1) is 11.3 Å². The second-order valence-corrected chi connectivity index (χ2v) is 8.08. The number of nitrogens with zero attached hydrogens (tertiary/aromatic N) is 2. The largest absolute Gasteiger partial charge is 0.390 e. The van der Waals surface area contributed by atoms with Crippen LogP contribution in [0, 0.1) is 6.92 Å². The minimum absolute atomic E-state index is 0.0836. The third-order valence-corrected chi connectivity index (χ3v) is 5.32. The Hall–Kier alpha value is -1.22. The van der Waals surface area contributed by atoms with Crippen molar-refractivity contribution in [3.05, 3.63) is 34.0 Å². The highest BCUT2D eigenvalue weighted by molar-refractivity contribution is 7.89. The molecule has 21 heavy (non-hydrogen) atoms. The smallest absolute Gasteiger partial charge is 0.242 e. The Balaban J connectivity index is 2.19. The summed E-state index contributed by atoms with van der Waals surface area (Å²) in [6.07, 6.45) is 3.22. The van der Waals surface area contributed by atoms with Gasteiger partial charge in [-0.05, 0) is 26.8 Å². The standard InChI is InChI=1S/C13H19N3O3S2/c1-9(2)16-7-13(4-11(16)8-17)21(18,19)15-6-12-5-14-10(3)20-12/h4-5,7,9,15,17H,6,8H2,1-3H3. The number of aromatic nitrogens is 2. The normalized spacial score (nSPS) is 12.2. The lowest BCUT2D eigenvalue weighted by Gasteiger charge is -2.10. The summed E-state index contributed by atoms with van der Waals surface area (Å²) >= 11 is 1.46. The molecule has 0 aliphatic rings. The number of aryl methyl sites for hydroxylation is 1. The van der Waals surface area contributed by atoms with Gasteiger partial charge in [0.2, 0.25) is 10.0 Å². The fourth-order valence-corrected chi connectivity index (χ4v) is 3.87. The zero-order chi connectivity index (χ0) is 15.6. The van der Waals surface area contributed by atoms with Crippen molar-refractivity contribution in [3.8, 4) is 0 Å². The van der Waals surface area contributed by atoms with E-state index >= 15 is 0 Å². The molecule has 0 aliphatic heterocycles. The first-order valence-corrected chi connectivity index (χ1v) is 8.86. The van der Waals surface area contributed by atoms with Gasteiger partial charge in [0, 0.05) is 35.6 Å². The Morgan fingerprint density at radius 3 is 2.67 bits per heavy atom. The molecule has 0 aromatic carbocycles. The van der Waals surface area contributed by atoms with Gasteiger partial charge in [-0.2, -0.15) is 0 Å². The number of thiazole rings is 1. The molecule has 0 unspecified atom stereocenters. The predicted molar refractivity (Wildman–Crippen MR) is 81.6 cm³/mol. The lowest BCUT2D eigenvalue weighted by atomic mass is 10.3. The van der Waals surface area contributed by atoms with Crippen LogP contribution in [0.1, 0.15) is 35.5 Å². The van der Waals surface area contributed by atoms with E-state index in [1.54, 1.807) is 17.0 Å². The first-order chi connectivity index (χ1) is 9.83. The fourth-order valence-electron chi connectivity index (χ4n) is 1.99. The van der Waals surface area contributed by atoms with E-state index in [4.69, 9.17) is 0 Å². The summed E-state index contributed by atoms with van der Waals surface area (Å²) in [4.78, 5) is 5.12. The van der Waals surface area contributed by atoms with Crippen molar-refractivity contribution < 1.29 is 13.5 Å². The topological polar surface area (TPSA) is 84.2 Å². The van der Waals surface area contributed by atoms with Gasteiger partial charge in [-0.25, -0.2) is 18.1 Å². The van der Waals surface area contributed by atoms with Crippen LogP contribution in [-0.4, -0.2) is 23.1 Å². The molecule has 0 spiro atoms. The first-order valence-electron chi connectivity index (χ1n) is 6.56. The highest BCUT2D eigenvalue weighted by Crippen LogP contribution is 2.19. The van der Waals surface area contributed by atoms with Crippen LogP contribution >= 0.6 is 11.3 Å². The monoisotopic (exact) mass is 329 g/mol. The molecule has 8 heteroatoms. The summed E-state index contributed by atoms with van der Waals surface area (Å²) in [6, 6.07) is 1.58. The Morgan fingerprint density at radius 1 is 1.48 bits per heavy atom. The van der Waals surface area contributed by atoms with E-state index in [9.17, 15) is 13.5 Å². The van der Waals surface area contributed by atoms with Crippen molar-refractivity contribution in [2.45, 2.75) is 44.9 Å². The quantitative estimate of drug-likeness (QED) is 0.846. The average molecular weight is 329 g/mol. The Bertz CT molecular complexity index is 717. The number of sulfonamides is 1. The maximum Gasteiger partial charge on any atom is 0.242 e. The molecule has 0 fully saturated rings. The van der Waals surface area contributed by atoms with Gasteiger partial charge in [0.25, 0.3) is 0 Å². The Labute approximate surface area is 128 Å². The van der Waals surface area contributed by atoms with E-state index in [0.717, 1.165) is 9.88 Å². The molecule has 116 valence electrons. The van der Waals surface area contributed by atoms with Crippen LogP contribution in [0.15, 0.2) is 23.4 Å². The molecule has 0 amide bonds. The lowest BCUT2D eigenvalue weighted by molar-refractivity contribution is 0.268. The van der Waals surface area contributed by atoms with Crippen molar-refractivity contribution in [2.24, 2.45) is 0 Å². The number of aliphatic hydroxyl groups excluding tert-OH is 1. The fraction of sp³-hybridized carbons (Fsp3) is 0.462. The first kappa shape index (κ1) is 16.2. The lowest BCUT2D eigenvalue weighted by Crippen LogP contribution is -2.22. The molecule has 0 aliphatic carbocycles. The number of rotatable bonds is 6. The van der Waals surface area contributed by atoms with Crippen LogP contribution in [-0.2, 0) is 23.2 Å². The van der Waals surface area contributed by atoms with E-state index in [0.29, 0.717) is 5.69 Å². The maximum atomic E-state index is 12.3. The summed E-state index contributed by atoms with van der Waals surface area (Å²) in [5.74, 6) is 0. The molecule has 2 heterocycles. The SMILES string of the molecule is Cc1ncc(CNS(=O)(=O)c2cc(CO)n(C(C)C)c2)s1. The molecular formula is C13H19N3O3S2. The number of aliphatic hydroxyl groups is 1. The van der Waals surface area contributed by atoms with Crippen molar-refractivity contribution in [3.63, 3.8) is 0 Å². The van der Waals surface area contributed by atoms with Crippen molar-refractivity contribution in [2.75, 3.05) is 0 Å². The van der Waals surface area contributed by atoms with Gasteiger partial charge >= 0.3 is 0 Å². The summed E-state index contributed by atoms with van der Waals surface area (Å²) in [5.41, 5.74) is 0.582. The Morgan fingerprint density at radius 2 is 2.19 bits per heavy atom. The zero-order valence-corrected chi connectivity index (χ0v) is 13.8. The molecule has 0 saturated carbocycles. The molecule has 2 aromatic rings. The van der Waals surface area contributed by atoms with Gasteiger partial charge in [-0.3, -0.25) is 0 Å². The summed E-state index contributed by atoms with van der Waals surface area (Å²) in [6.45, 7) is 5.77. The minimum Gasteiger partial charge on any atom is -0.390 e. The second kappa shape index (κ2) is 6.27. The molecular weight excluding hydrogens is 310 g/mol. The van der Waals surface area contributed by atoms with Crippen LogP contribution in [0.4, 0.5) is 0 Å². The molecule has 2 aromatic heterocycles. The van der Waals surface area contributed by atoms with Crippen molar-refractivity contribution in [1.82, 2.24) is 14.3 Å². The molecule has 6 nitrogen and oxygen atoms in total. The van der Waals surface area contributed by atoms with Gasteiger partial charge in [0.15, 0.2) is 0 Å². The van der Waals surface area contributed by atoms with Crippen LogP contribution in [0.5, 0.6) is 0 Å². The predicted octanol–water partition coefficient (Wildman–Crippen LogP) is 1.80. The molecule has 0 radical (unpaired) electrons. The van der Waals surface area contributed by atoms with E-state index in [1.807, 2.05) is 20.8 Å². The highest BCUT2D eigenvalue weighted by Gasteiger charge is 2.19. The summed E-state index contributed by atoms with van der Waals surface area (Å²) in [7, 11) is -3.60. The number of hydrogen-bond donors (Lipinski definition) is 2. The van der Waals surface area contributed by atoms with Gasteiger partial charge in [0.1, 0.15) is 0 Å². The zero-order valence-electron chi connectivity index (χ0n) is 12.2. The van der Waals surface area contributed by atoms with Gasteiger partial charge in [0.05, 0.1) is 16.5 Å². The molecule has 2 N–H and O–H groups in total. The van der Waals surface area contributed by atoms with Gasteiger partial charge < -0.3 is 9.67 Å². The molecule has 2 rings (SSSR count). The molecule has 0 bridgehead atoms. The van der Waals surface area contributed by atoms with E-state index in [1.165, 1.54) is 17.4 Å². The van der Waals surface area contributed by atoms with Crippen molar-refractivity contribution in [1.29, 1.82) is 0 Å². The Kier molecular flexibility index (Phi) is 4.82. The van der Waals surface area contributed by atoms with E-state index in [-0.39, 0.29) is 24.1 Å². The summed E-state index contributed by atoms with van der Waals surface area (Å²) in [5, 5.41) is 10.2. The third kappa shape index (κ3) is 3.70. The van der Waals surface area contributed by atoms with Crippen LogP contribution in [0.2, 0.25) is 0 Å². The highest BCUT2D eigenvalue weighted by atomic mass is 32.2. The molecule has 0 saturated heterocycles. The second-order valence-electron chi connectivity index (χ2n) is 5.00. The van der Waals surface area contributed by atoms with Crippen LogP contribution < -0.4 is 4.72 Å². The summed E-state index contributed by atoms with van der Waals surface area (Å²) < 4.78 is 28.9. The average Bonchev–Trinajstić information content (AvgIpc) is 3.02. The van der Waals surface area contributed by atoms with Crippen LogP contribution in [0.3, 0.4) is 0 Å².